The van der Waals surface area contributed by atoms with Gasteiger partial charge in [0.25, 0.3) is 0 Å². The van der Waals surface area contributed by atoms with Gasteiger partial charge in [-0.1, -0.05) is 12.1 Å². The second-order valence-electron chi connectivity index (χ2n) is 4.29. The number of benzene rings is 1. The van der Waals surface area contributed by atoms with Gasteiger partial charge in [0.2, 0.25) is 0 Å². The van der Waals surface area contributed by atoms with Crippen molar-refractivity contribution in [2.75, 3.05) is 0 Å². The van der Waals surface area contributed by atoms with Gasteiger partial charge in [-0.2, -0.15) is 9.36 Å². The molecule has 3 rings (SSSR count). The van der Waals surface area contributed by atoms with Crippen LogP contribution in [0.15, 0.2) is 34.4 Å². The molecule has 0 saturated heterocycles. The van der Waals surface area contributed by atoms with E-state index in [0.717, 1.165) is 16.3 Å². The Morgan fingerprint density at radius 1 is 1.20 bits per heavy atom. The van der Waals surface area contributed by atoms with Crippen LogP contribution in [-0.2, 0) is 6.54 Å². The SMILES string of the molecule is CCn1nnn(-c2ccc(-c3csc(C)n3)cc2)c1=O. The summed E-state index contributed by atoms with van der Waals surface area (Å²) in [5.74, 6) is 0. The fourth-order valence-corrected chi connectivity index (χ4v) is 2.53. The van der Waals surface area contributed by atoms with E-state index in [4.69, 9.17) is 0 Å². The van der Waals surface area contributed by atoms with E-state index < -0.39 is 0 Å². The minimum atomic E-state index is -0.232. The van der Waals surface area contributed by atoms with Crippen LogP contribution >= 0.6 is 11.3 Å². The highest BCUT2D eigenvalue weighted by Crippen LogP contribution is 2.22. The molecule has 2 heterocycles. The number of hydrogen-bond donors (Lipinski definition) is 0. The molecule has 0 unspecified atom stereocenters. The number of nitrogens with zero attached hydrogens (tertiary/aromatic N) is 5. The van der Waals surface area contributed by atoms with Crippen LogP contribution in [0.3, 0.4) is 0 Å². The molecule has 0 saturated carbocycles. The van der Waals surface area contributed by atoms with Gasteiger partial charge in [0.1, 0.15) is 0 Å². The van der Waals surface area contributed by atoms with E-state index in [1.54, 1.807) is 11.3 Å². The van der Waals surface area contributed by atoms with Gasteiger partial charge in [0, 0.05) is 17.5 Å². The number of rotatable bonds is 3. The molecule has 0 spiro atoms. The summed E-state index contributed by atoms with van der Waals surface area (Å²) in [6.07, 6.45) is 0. The van der Waals surface area contributed by atoms with Crippen molar-refractivity contribution in [3.8, 4) is 16.9 Å². The number of thiazole rings is 1. The highest BCUT2D eigenvalue weighted by atomic mass is 32.1. The summed E-state index contributed by atoms with van der Waals surface area (Å²) >= 11 is 1.62. The van der Waals surface area contributed by atoms with Crippen molar-refractivity contribution in [1.29, 1.82) is 0 Å². The Morgan fingerprint density at radius 3 is 2.50 bits per heavy atom. The molecule has 0 aliphatic rings. The summed E-state index contributed by atoms with van der Waals surface area (Å²) < 4.78 is 2.61. The quantitative estimate of drug-likeness (QED) is 0.737. The van der Waals surface area contributed by atoms with Crippen LogP contribution in [0.5, 0.6) is 0 Å². The van der Waals surface area contributed by atoms with Crippen molar-refractivity contribution >= 4 is 11.3 Å². The predicted octanol–water partition coefficient (Wildman–Crippen LogP) is 1.88. The van der Waals surface area contributed by atoms with Gasteiger partial charge in [0.05, 0.1) is 16.4 Å². The zero-order chi connectivity index (χ0) is 14.1. The van der Waals surface area contributed by atoms with Crippen LogP contribution in [-0.4, -0.2) is 24.8 Å². The van der Waals surface area contributed by atoms with E-state index in [1.165, 1.54) is 9.36 Å². The summed E-state index contributed by atoms with van der Waals surface area (Å²) in [7, 11) is 0. The Morgan fingerprint density at radius 2 is 1.95 bits per heavy atom. The normalized spacial score (nSPS) is 10.9. The minimum absolute atomic E-state index is 0.232. The van der Waals surface area contributed by atoms with Gasteiger partial charge in [-0.05, 0) is 36.4 Å². The van der Waals surface area contributed by atoms with Gasteiger partial charge in [-0.25, -0.2) is 9.78 Å². The summed E-state index contributed by atoms with van der Waals surface area (Å²) in [4.78, 5) is 16.4. The molecule has 0 fully saturated rings. The Balaban J connectivity index is 1.97. The van der Waals surface area contributed by atoms with Crippen LogP contribution in [0.2, 0.25) is 0 Å². The number of hydrogen-bond acceptors (Lipinski definition) is 5. The zero-order valence-electron chi connectivity index (χ0n) is 11.1. The third kappa shape index (κ3) is 2.16. The Hall–Kier alpha value is -2.28. The zero-order valence-corrected chi connectivity index (χ0v) is 12.0. The first kappa shape index (κ1) is 12.7. The molecule has 1 aromatic carbocycles. The molecule has 0 amide bonds. The van der Waals surface area contributed by atoms with Crippen LogP contribution in [0.4, 0.5) is 0 Å². The topological polar surface area (TPSA) is 65.6 Å². The molecule has 2 aromatic heterocycles. The molecule has 7 heteroatoms. The Bertz CT molecular complexity index is 784. The van der Waals surface area contributed by atoms with Crippen LogP contribution in [0, 0.1) is 6.92 Å². The number of aryl methyl sites for hydroxylation is 2. The summed E-state index contributed by atoms with van der Waals surface area (Å²) in [5.41, 5.74) is 2.44. The maximum Gasteiger partial charge on any atom is 0.368 e. The van der Waals surface area contributed by atoms with Crippen molar-refractivity contribution in [2.24, 2.45) is 0 Å². The average Bonchev–Trinajstić information content (AvgIpc) is 3.05. The minimum Gasteiger partial charge on any atom is -0.244 e. The maximum absolute atomic E-state index is 11.9. The molecule has 6 nitrogen and oxygen atoms in total. The Labute approximate surface area is 119 Å². The molecule has 0 aliphatic carbocycles. The van der Waals surface area contributed by atoms with Crippen molar-refractivity contribution in [3.05, 3.63) is 45.1 Å². The fraction of sp³-hybridized carbons (Fsp3) is 0.231. The van der Waals surface area contributed by atoms with E-state index in [1.807, 2.05) is 43.5 Å². The van der Waals surface area contributed by atoms with Crippen LogP contribution < -0.4 is 5.69 Å². The molecule has 0 bridgehead atoms. The fourth-order valence-electron chi connectivity index (χ4n) is 1.90. The molecule has 20 heavy (non-hydrogen) atoms. The van der Waals surface area contributed by atoms with Crippen LogP contribution in [0.1, 0.15) is 11.9 Å². The van der Waals surface area contributed by atoms with Crippen molar-refractivity contribution in [2.45, 2.75) is 20.4 Å². The molecular weight excluding hydrogens is 274 g/mol. The van der Waals surface area contributed by atoms with Crippen molar-refractivity contribution in [3.63, 3.8) is 0 Å². The summed E-state index contributed by atoms with van der Waals surface area (Å²) in [6.45, 7) is 4.34. The largest absolute Gasteiger partial charge is 0.368 e. The number of tetrazole rings is 1. The summed E-state index contributed by atoms with van der Waals surface area (Å²) in [6, 6.07) is 7.56. The highest BCUT2D eigenvalue weighted by molar-refractivity contribution is 7.09. The van der Waals surface area contributed by atoms with E-state index in [0.29, 0.717) is 12.2 Å². The van der Waals surface area contributed by atoms with Gasteiger partial charge in [0.15, 0.2) is 0 Å². The van der Waals surface area contributed by atoms with Gasteiger partial charge >= 0.3 is 5.69 Å². The highest BCUT2D eigenvalue weighted by Gasteiger charge is 2.08. The van der Waals surface area contributed by atoms with Crippen molar-refractivity contribution < 1.29 is 0 Å². The average molecular weight is 287 g/mol. The Kier molecular flexibility index (Phi) is 3.19. The molecule has 0 N–H and O–H groups in total. The molecule has 0 radical (unpaired) electrons. The molecule has 0 atom stereocenters. The van der Waals surface area contributed by atoms with Gasteiger partial charge < -0.3 is 0 Å². The lowest BCUT2D eigenvalue weighted by Crippen LogP contribution is -2.23. The summed E-state index contributed by atoms with van der Waals surface area (Å²) in [5, 5.41) is 10.7. The lowest BCUT2D eigenvalue weighted by atomic mass is 10.1. The lowest BCUT2D eigenvalue weighted by molar-refractivity contribution is 0.609. The monoisotopic (exact) mass is 287 g/mol. The maximum atomic E-state index is 11.9. The van der Waals surface area contributed by atoms with E-state index in [2.05, 4.69) is 15.4 Å². The van der Waals surface area contributed by atoms with Gasteiger partial charge in [-0.3, -0.25) is 0 Å². The molecule has 0 aliphatic heterocycles. The van der Waals surface area contributed by atoms with E-state index >= 15 is 0 Å². The van der Waals surface area contributed by atoms with E-state index in [9.17, 15) is 4.79 Å². The first-order valence-electron chi connectivity index (χ1n) is 6.25. The standard InChI is InChI=1S/C13H13N5OS/c1-3-17-13(19)18(16-15-17)11-6-4-10(5-7-11)12-8-20-9(2)14-12/h4-8H,3H2,1-2H3. The first-order valence-corrected chi connectivity index (χ1v) is 7.13. The van der Waals surface area contributed by atoms with Crippen LogP contribution in [0.25, 0.3) is 16.9 Å². The number of aromatic nitrogens is 5. The predicted molar refractivity (Wildman–Crippen MR) is 77.1 cm³/mol. The second-order valence-corrected chi connectivity index (χ2v) is 5.35. The molecule has 102 valence electrons. The third-order valence-corrected chi connectivity index (χ3v) is 3.74. The van der Waals surface area contributed by atoms with Gasteiger partial charge in [-0.15, -0.1) is 11.3 Å². The molecule has 3 aromatic rings. The molecular formula is C13H13N5OS. The lowest BCUT2D eigenvalue weighted by Gasteiger charge is -2.00. The smallest absolute Gasteiger partial charge is 0.244 e. The second kappa shape index (κ2) is 5.01. The third-order valence-electron chi connectivity index (χ3n) is 2.97. The first-order chi connectivity index (χ1) is 9.69. The van der Waals surface area contributed by atoms with Crippen molar-refractivity contribution in [1.82, 2.24) is 24.8 Å². The van der Waals surface area contributed by atoms with E-state index in [-0.39, 0.29) is 5.69 Å².